The van der Waals surface area contributed by atoms with E-state index >= 15 is 0 Å². The maximum Gasteiger partial charge on any atom is 0.273 e. The smallest absolute Gasteiger partial charge is 0.267 e. The molecule has 24 heavy (non-hydrogen) atoms. The van der Waals surface area contributed by atoms with Crippen molar-refractivity contribution in [3.63, 3.8) is 0 Å². The minimum atomic E-state index is -0.491. The van der Waals surface area contributed by atoms with Gasteiger partial charge >= 0.3 is 0 Å². The Kier molecular flexibility index (Phi) is 4.37. The van der Waals surface area contributed by atoms with E-state index < -0.39 is 10.8 Å². The summed E-state index contributed by atoms with van der Waals surface area (Å²) in [7, 11) is 0. The topological polar surface area (TPSA) is 84.6 Å². The van der Waals surface area contributed by atoms with Crippen LogP contribution in [0, 0.1) is 17.0 Å². The van der Waals surface area contributed by atoms with E-state index in [9.17, 15) is 14.9 Å². The molecule has 0 aromatic heterocycles. The third-order valence-electron chi connectivity index (χ3n) is 4.15. The van der Waals surface area contributed by atoms with Gasteiger partial charge < -0.3 is 0 Å². The molecule has 3 rings (SSSR count). The minimum Gasteiger partial charge on any atom is -0.267 e. The van der Waals surface area contributed by atoms with E-state index in [1.54, 1.807) is 19.1 Å². The summed E-state index contributed by atoms with van der Waals surface area (Å²) in [6.07, 6.45) is 2.79. The number of hydrogen-bond donors (Lipinski definition) is 1. The third kappa shape index (κ3) is 3.17. The Morgan fingerprint density at radius 2 is 2.00 bits per heavy atom. The summed E-state index contributed by atoms with van der Waals surface area (Å²) in [4.78, 5) is 22.7. The van der Waals surface area contributed by atoms with Gasteiger partial charge in [0.15, 0.2) is 0 Å². The second-order valence-corrected chi connectivity index (χ2v) is 5.77. The second-order valence-electron chi connectivity index (χ2n) is 5.77. The van der Waals surface area contributed by atoms with Crippen LogP contribution in [0.25, 0.3) is 0 Å². The van der Waals surface area contributed by atoms with Crippen molar-refractivity contribution in [3.05, 3.63) is 74.8 Å². The average molecular weight is 323 g/mol. The van der Waals surface area contributed by atoms with Gasteiger partial charge in [0, 0.05) is 22.8 Å². The number of nitro benzene ring substituents is 1. The van der Waals surface area contributed by atoms with Crippen molar-refractivity contribution < 1.29 is 9.72 Å². The molecule has 1 amide bonds. The molecule has 0 unspecified atom stereocenters. The third-order valence-corrected chi connectivity index (χ3v) is 4.15. The molecule has 0 radical (unpaired) electrons. The van der Waals surface area contributed by atoms with Gasteiger partial charge in [-0.15, -0.1) is 0 Å². The quantitative estimate of drug-likeness (QED) is 0.694. The number of aryl methyl sites for hydroxylation is 2. The number of nitro groups is 1. The van der Waals surface area contributed by atoms with E-state index in [4.69, 9.17) is 0 Å². The Labute approximate surface area is 139 Å². The highest BCUT2D eigenvalue weighted by Crippen LogP contribution is 2.22. The van der Waals surface area contributed by atoms with E-state index in [0.29, 0.717) is 5.56 Å². The number of amides is 1. The standard InChI is InChI=1S/C18H17N3O3/c1-12-9-10-14(11-17(12)21(23)24)18(22)20-19-16-8-4-6-13-5-2-3-7-15(13)16/h2-3,5,7,9-11H,4,6,8H2,1H3,(H,20,22). The molecule has 122 valence electrons. The molecule has 6 nitrogen and oxygen atoms in total. The van der Waals surface area contributed by atoms with Gasteiger partial charge in [-0.05, 0) is 37.8 Å². The summed E-state index contributed by atoms with van der Waals surface area (Å²) in [6.45, 7) is 1.64. The van der Waals surface area contributed by atoms with Gasteiger partial charge in [0.25, 0.3) is 11.6 Å². The van der Waals surface area contributed by atoms with E-state index in [1.165, 1.54) is 11.6 Å². The maximum atomic E-state index is 12.2. The van der Waals surface area contributed by atoms with Gasteiger partial charge in [0.2, 0.25) is 0 Å². The fraction of sp³-hybridized carbons (Fsp3) is 0.222. The Bertz CT molecular complexity index is 843. The van der Waals surface area contributed by atoms with Crippen molar-refractivity contribution in [3.8, 4) is 0 Å². The molecule has 2 aromatic carbocycles. The van der Waals surface area contributed by atoms with Gasteiger partial charge in [-0.25, -0.2) is 5.43 Å². The molecule has 1 N–H and O–H groups in total. The summed E-state index contributed by atoms with van der Waals surface area (Å²) in [6, 6.07) is 12.4. The lowest BCUT2D eigenvalue weighted by atomic mass is 9.90. The van der Waals surface area contributed by atoms with Gasteiger partial charge in [-0.1, -0.05) is 30.3 Å². The Morgan fingerprint density at radius 3 is 2.79 bits per heavy atom. The Hall–Kier alpha value is -3.02. The summed E-state index contributed by atoms with van der Waals surface area (Å²) >= 11 is 0. The fourth-order valence-electron chi connectivity index (χ4n) is 2.85. The van der Waals surface area contributed by atoms with E-state index in [2.05, 4.69) is 16.6 Å². The number of carbonyl (C=O) groups is 1. The molecule has 0 saturated heterocycles. The van der Waals surface area contributed by atoms with E-state index in [0.717, 1.165) is 30.5 Å². The first kappa shape index (κ1) is 15.9. The summed E-state index contributed by atoms with van der Waals surface area (Å²) in [5.41, 5.74) is 6.31. The fourth-order valence-corrected chi connectivity index (χ4v) is 2.85. The molecule has 1 aliphatic rings. The molecule has 0 heterocycles. The first-order valence-corrected chi connectivity index (χ1v) is 7.76. The lowest BCUT2D eigenvalue weighted by molar-refractivity contribution is -0.385. The number of nitrogens with zero attached hydrogens (tertiary/aromatic N) is 2. The molecular weight excluding hydrogens is 306 g/mol. The second kappa shape index (κ2) is 6.62. The number of hydrogen-bond acceptors (Lipinski definition) is 4. The zero-order valence-electron chi connectivity index (χ0n) is 13.3. The van der Waals surface area contributed by atoms with Crippen LogP contribution in [0.5, 0.6) is 0 Å². The lowest BCUT2D eigenvalue weighted by Crippen LogP contribution is -2.22. The highest BCUT2D eigenvalue weighted by molar-refractivity contribution is 6.04. The van der Waals surface area contributed by atoms with Gasteiger partial charge in [0.1, 0.15) is 0 Å². The highest BCUT2D eigenvalue weighted by Gasteiger charge is 2.17. The molecular formula is C18H17N3O3. The number of fused-ring (bicyclic) bond motifs is 1. The van der Waals surface area contributed by atoms with Crippen molar-refractivity contribution in [2.75, 3.05) is 0 Å². The maximum absolute atomic E-state index is 12.2. The van der Waals surface area contributed by atoms with Crippen LogP contribution in [0.1, 0.15) is 39.9 Å². The largest absolute Gasteiger partial charge is 0.273 e. The number of hydrazone groups is 1. The molecule has 2 aromatic rings. The van der Waals surface area contributed by atoms with Crippen LogP contribution in [-0.4, -0.2) is 16.5 Å². The lowest BCUT2D eigenvalue weighted by Gasteiger charge is -2.17. The Morgan fingerprint density at radius 1 is 1.21 bits per heavy atom. The van der Waals surface area contributed by atoms with E-state index in [1.807, 2.05) is 18.2 Å². The van der Waals surface area contributed by atoms with Crippen LogP contribution >= 0.6 is 0 Å². The van der Waals surface area contributed by atoms with E-state index in [-0.39, 0.29) is 11.3 Å². The number of nitrogens with one attached hydrogen (secondary N) is 1. The predicted octanol–water partition coefficient (Wildman–Crippen LogP) is 3.37. The Balaban J connectivity index is 1.82. The van der Waals surface area contributed by atoms with Crippen LogP contribution in [0.15, 0.2) is 47.6 Å². The molecule has 0 bridgehead atoms. The summed E-state index contributed by atoms with van der Waals surface area (Å²) in [5.74, 6) is -0.450. The van der Waals surface area contributed by atoms with Crippen LogP contribution in [-0.2, 0) is 6.42 Å². The monoisotopic (exact) mass is 323 g/mol. The number of carbonyl (C=O) groups excluding carboxylic acids is 1. The van der Waals surface area contributed by atoms with Crippen molar-refractivity contribution in [1.29, 1.82) is 0 Å². The summed E-state index contributed by atoms with van der Waals surface area (Å²) < 4.78 is 0. The molecule has 0 atom stereocenters. The first-order chi connectivity index (χ1) is 11.6. The molecule has 0 aliphatic heterocycles. The van der Waals surface area contributed by atoms with Crippen LogP contribution in [0.4, 0.5) is 5.69 Å². The van der Waals surface area contributed by atoms with Gasteiger partial charge in [-0.2, -0.15) is 5.10 Å². The van der Waals surface area contributed by atoms with Gasteiger partial charge in [0.05, 0.1) is 10.6 Å². The molecule has 0 saturated carbocycles. The zero-order valence-corrected chi connectivity index (χ0v) is 13.3. The van der Waals surface area contributed by atoms with Crippen LogP contribution in [0.2, 0.25) is 0 Å². The van der Waals surface area contributed by atoms with Gasteiger partial charge in [-0.3, -0.25) is 14.9 Å². The van der Waals surface area contributed by atoms with Crippen LogP contribution < -0.4 is 5.43 Å². The van der Waals surface area contributed by atoms with Crippen molar-refractivity contribution in [2.45, 2.75) is 26.2 Å². The minimum absolute atomic E-state index is 0.0710. The normalized spacial score (nSPS) is 15.0. The van der Waals surface area contributed by atoms with Crippen molar-refractivity contribution in [2.24, 2.45) is 5.10 Å². The summed E-state index contributed by atoms with van der Waals surface area (Å²) in [5, 5.41) is 15.2. The first-order valence-electron chi connectivity index (χ1n) is 7.76. The zero-order chi connectivity index (χ0) is 17.1. The molecule has 0 spiro atoms. The number of benzene rings is 2. The molecule has 0 fully saturated rings. The highest BCUT2D eigenvalue weighted by atomic mass is 16.6. The molecule has 6 heteroatoms. The van der Waals surface area contributed by atoms with Crippen LogP contribution in [0.3, 0.4) is 0 Å². The van der Waals surface area contributed by atoms with Crippen molar-refractivity contribution in [1.82, 2.24) is 5.43 Å². The SMILES string of the molecule is Cc1ccc(C(=O)NN=C2CCCc3ccccc32)cc1[N+](=O)[O-]. The average Bonchev–Trinajstić information content (AvgIpc) is 2.59. The molecule has 1 aliphatic carbocycles. The predicted molar refractivity (Wildman–Crippen MR) is 91.2 cm³/mol. The van der Waals surface area contributed by atoms with Crippen molar-refractivity contribution >= 4 is 17.3 Å². The number of rotatable bonds is 3.